The monoisotopic (exact) mass is 394 g/mol. The van der Waals surface area contributed by atoms with E-state index in [4.69, 9.17) is 4.74 Å². The van der Waals surface area contributed by atoms with Crippen LogP contribution in [-0.4, -0.2) is 40.8 Å². The van der Waals surface area contributed by atoms with Gasteiger partial charge in [0.15, 0.2) is 5.60 Å². The number of hydrogen-bond acceptors (Lipinski definition) is 4. The third-order valence-electron chi connectivity index (χ3n) is 7.24. The van der Waals surface area contributed by atoms with Crippen molar-refractivity contribution in [3.63, 3.8) is 0 Å². The molecule has 0 amide bonds. The molecule has 2 aliphatic rings. The minimum absolute atomic E-state index is 0.0858. The number of aliphatic hydroxyl groups is 1. The highest BCUT2D eigenvalue weighted by atomic mass is 16.5. The molecule has 0 aromatic heterocycles. The lowest BCUT2D eigenvalue weighted by Crippen LogP contribution is -2.48. The zero-order valence-corrected chi connectivity index (χ0v) is 17.7. The molecule has 0 saturated heterocycles. The summed E-state index contributed by atoms with van der Waals surface area (Å²) in [6.07, 6.45) is 13.0. The summed E-state index contributed by atoms with van der Waals surface area (Å²) in [4.78, 5) is 23.6. The van der Waals surface area contributed by atoms with E-state index in [0.29, 0.717) is 31.0 Å². The van der Waals surface area contributed by atoms with Crippen molar-refractivity contribution >= 4 is 11.8 Å². The van der Waals surface area contributed by atoms with Gasteiger partial charge in [-0.2, -0.15) is 0 Å². The van der Waals surface area contributed by atoms with Crippen LogP contribution in [0, 0.1) is 23.7 Å². The maximum absolute atomic E-state index is 12.3. The van der Waals surface area contributed by atoms with E-state index < -0.39 is 17.7 Å². The molecule has 2 aliphatic carbocycles. The molecule has 2 fully saturated rings. The Labute approximate surface area is 169 Å². The van der Waals surface area contributed by atoms with Gasteiger partial charge >= 0.3 is 5.97 Å². The first-order chi connectivity index (χ1) is 13.3. The zero-order valence-electron chi connectivity index (χ0n) is 17.7. The largest absolute Gasteiger partial charge is 0.479 e. The number of carboxylic acids is 1. The average Bonchev–Trinajstić information content (AvgIpc) is 3.23. The van der Waals surface area contributed by atoms with Crippen LogP contribution in [0.1, 0.15) is 78.1 Å². The zero-order chi connectivity index (χ0) is 20.7. The molecule has 2 N–H and O–H groups in total. The van der Waals surface area contributed by atoms with Crippen LogP contribution < -0.4 is 0 Å². The number of carbonyl (C=O) groups is 2. The normalized spacial score (nSPS) is 31.4. The predicted molar refractivity (Wildman–Crippen MR) is 109 cm³/mol. The third kappa shape index (κ3) is 5.66. The highest BCUT2D eigenvalue weighted by Gasteiger charge is 2.40. The minimum atomic E-state index is -1.58. The fraction of sp³-hybridized carbons (Fsp3) is 0.826. The van der Waals surface area contributed by atoms with Gasteiger partial charge < -0.3 is 14.9 Å². The van der Waals surface area contributed by atoms with Crippen molar-refractivity contribution in [3.8, 4) is 0 Å². The van der Waals surface area contributed by atoms with Crippen molar-refractivity contribution in [3.05, 3.63) is 12.2 Å². The van der Waals surface area contributed by atoms with E-state index in [1.165, 1.54) is 33.3 Å². The van der Waals surface area contributed by atoms with Gasteiger partial charge in [0, 0.05) is 19.4 Å². The van der Waals surface area contributed by atoms with Crippen LogP contribution in [0.4, 0.5) is 0 Å². The standard InChI is InChI=1S/C23H38O5/c1-16-8-6-9-17(16)10-7-11-18-14-15-20(24)19(18)12-4-5-13-21(25)23(2,28-3)22(26)27/h7,11,16-19,21,25H,4-6,8-10,12-15H2,1-3H3,(H,26,27)/t16-,17+,18+,19-,21?,23?/m1/s1. The van der Waals surface area contributed by atoms with Gasteiger partial charge in [0.2, 0.25) is 0 Å². The Hall–Kier alpha value is -1.20. The number of rotatable bonds is 11. The Bertz CT molecular complexity index is 557. The first-order valence-corrected chi connectivity index (χ1v) is 11.0. The van der Waals surface area contributed by atoms with Crippen LogP contribution in [0.25, 0.3) is 0 Å². The quantitative estimate of drug-likeness (QED) is 0.401. The Balaban J connectivity index is 1.76. The summed E-state index contributed by atoms with van der Waals surface area (Å²) >= 11 is 0. The van der Waals surface area contributed by atoms with Gasteiger partial charge in [-0.15, -0.1) is 0 Å². The minimum Gasteiger partial charge on any atom is -0.479 e. The topological polar surface area (TPSA) is 83.8 Å². The lowest BCUT2D eigenvalue weighted by atomic mass is 9.87. The molecule has 6 atom stereocenters. The molecule has 28 heavy (non-hydrogen) atoms. The number of aliphatic carboxylic acids is 1. The SMILES string of the molecule is COC(C)(C(=O)O)C(O)CCCC[C@H]1C(=O)CC[C@@H]1C=CC[C@@H]1CCC[C@H]1C. The van der Waals surface area contributed by atoms with Gasteiger partial charge in [0.05, 0.1) is 6.10 Å². The summed E-state index contributed by atoms with van der Waals surface area (Å²) < 4.78 is 5.01. The summed E-state index contributed by atoms with van der Waals surface area (Å²) in [6, 6.07) is 0. The molecule has 2 saturated carbocycles. The fourth-order valence-electron chi connectivity index (χ4n) is 4.88. The number of hydrogen-bond donors (Lipinski definition) is 2. The second kappa shape index (κ2) is 10.5. The van der Waals surface area contributed by atoms with Gasteiger partial charge in [-0.25, -0.2) is 4.79 Å². The summed E-state index contributed by atoms with van der Waals surface area (Å²) in [5.74, 6) is 1.25. The Morgan fingerprint density at radius 1 is 1.32 bits per heavy atom. The molecular formula is C23H38O5. The van der Waals surface area contributed by atoms with Gasteiger partial charge in [-0.1, -0.05) is 44.8 Å². The Morgan fingerprint density at radius 2 is 2.07 bits per heavy atom. The van der Waals surface area contributed by atoms with E-state index in [1.54, 1.807) is 0 Å². The van der Waals surface area contributed by atoms with Gasteiger partial charge in [0.25, 0.3) is 0 Å². The van der Waals surface area contributed by atoms with Crippen LogP contribution >= 0.6 is 0 Å². The molecule has 0 radical (unpaired) electrons. The number of unbranched alkanes of at least 4 members (excludes halogenated alkanes) is 1. The number of aliphatic hydroxyl groups excluding tert-OH is 1. The van der Waals surface area contributed by atoms with E-state index in [2.05, 4.69) is 19.1 Å². The van der Waals surface area contributed by atoms with E-state index in [9.17, 15) is 19.8 Å². The number of Topliss-reactive ketones (excluding diaryl/α,β-unsaturated/α-hetero) is 1. The molecule has 0 bridgehead atoms. The fourth-order valence-corrected chi connectivity index (χ4v) is 4.88. The maximum Gasteiger partial charge on any atom is 0.338 e. The molecule has 5 heteroatoms. The first kappa shape index (κ1) is 23.1. The van der Waals surface area contributed by atoms with Crippen molar-refractivity contribution in [2.45, 2.75) is 89.8 Å². The second-order valence-corrected chi connectivity index (χ2v) is 9.02. The van der Waals surface area contributed by atoms with Crippen LogP contribution in [0.3, 0.4) is 0 Å². The van der Waals surface area contributed by atoms with Crippen LogP contribution in [0.15, 0.2) is 12.2 Å². The second-order valence-electron chi connectivity index (χ2n) is 9.02. The van der Waals surface area contributed by atoms with Crippen molar-refractivity contribution in [1.82, 2.24) is 0 Å². The van der Waals surface area contributed by atoms with Crippen molar-refractivity contribution < 1.29 is 24.5 Å². The Kier molecular flexibility index (Phi) is 8.69. The predicted octanol–water partition coefficient (Wildman–Crippen LogP) is 4.38. The van der Waals surface area contributed by atoms with Crippen molar-refractivity contribution in [1.29, 1.82) is 0 Å². The van der Waals surface area contributed by atoms with E-state index >= 15 is 0 Å². The number of ether oxygens (including phenoxy) is 1. The van der Waals surface area contributed by atoms with Gasteiger partial charge in [-0.3, -0.25) is 4.79 Å². The Morgan fingerprint density at radius 3 is 2.68 bits per heavy atom. The molecular weight excluding hydrogens is 356 g/mol. The van der Waals surface area contributed by atoms with Crippen LogP contribution in [0.2, 0.25) is 0 Å². The number of methoxy groups -OCH3 is 1. The highest BCUT2D eigenvalue weighted by molar-refractivity contribution is 5.83. The molecule has 0 aromatic rings. The van der Waals surface area contributed by atoms with E-state index in [-0.39, 0.29) is 5.92 Å². The molecule has 5 nitrogen and oxygen atoms in total. The number of ketones is 1. The van der Waals surface area contributed by atoms with Crippen molar-refractivity contribution in [2.24, 2.45) is 23.7 Å². The lowest BCUT2D eigenvalue weighted by Gasteiger charge is -2.28. The molecule has 0 spiro atoms. The summed E-state index contributed by atoms with van der Waals surface area (Å²) in [5.41, 5.74) is -1.58. The van der Waals surface area contributed by atoms with Crippen LogP contribution in [0.5, 0.6) is 0 Å². The summed E-state index contributed by atoms with van der Waals surface area (Å²) in [7, 11) is 1.30. The average molecular weight is 395 g/mol. The molecule has 2 unspecified atom stereocenters. The number of allylic oxidation sites excluding steroid dienone is 2. The van der Waals surface area contributed by atoms with E-state index in [0.717, 1.165) is 37.5 Å². The van der Waals surface area contributed by atoms with Gasteiger partial charge in [-0.05, 0) is 56.8 Å². The highest BCUT2D eigenvalue weighted by Crippen LogP contribution is 2.36. The lowest BCUT2D eigenvalue weighted by molar-refractivity contribution is -0.174. The maximum atomic E-state index is 12.3. The number of carboxylic acid groups (broad SMARTS) is 1. The van der Waals surface area contributed by atoms with Crippen LogP contribution in [-0.2, 0) is 14.3 Å². The van der Waals surface area contributed by atoms with E-state index in [1.807, 2.05) is 0 Å². The molecule has 160 valence electrons. The number of carbonyl (C=O) groups excluding carboxylic acids is 1. The molecule has 0 aliphatic heterocycles. The molecule has 0 aromatic carbocycles. The smallest absolute Gasteiger partial charge is 0.338 e. The molecule has 2 rings (SSSR count). The molecule has 0 heterocycles. The van der Waals surface area contributed by atoms with Gasteiger partial charge in [0.1, 0.15) is 5.78 Å². The first-order valence-electron chi connectivity index (χ1n) is 11.0. The summed E-state index contributed by atoms with van der Waals surface area (Å²) in [5, 5.41) is 19.4. The summed E-state index contributed by atoms with van der Waals surface area (Å²) in [6.45, 7) is 3.74. The third-order valence-corrected chi connectivity index (χ3v) is 7.24. The van der Waals surface area contributed by atoms with Crippen molar-refractivity contribution in [2.75, 3.05) is 7.11 Å².